The Hall–Kier alpha value is -2.29. The van der Waals surface area contributed by atoms with Gasteiger partial charge in [0.2, 0.25) is 21.8 Å². The van der Waals surface area contributed by atoms with Gasteiger partial charge in [0.25, 0.3) is 0 Å². The average Bonchev–Trinajstić information content (AvgIpc) is 2.71. The molecule has 2 amide bonds. The van der Waals surface area contributed by atoms with E-state index in [2.05, 4.69) is 5.32 Å². The van der Waals surface area contributed by atoms with Gasteiger partial charge in [0.05, 0.1) is 17.0 Å². The van der Waals surface area contributed by atoms with Gasteiger partial charge in [0.1, 0.15) is 12.6 Å². The molecule has 0 bridgehead atoms. The molecule has 2 rings (SSSR count). The normalized spacial score (nSPS) is 12.2. The van der Waals surface area contributed by atoms with Crippen molar-refractivity contribution >= 4 is 50.7 Å². The van der Waals surface area contributed by atoms with E-state index in [9.17, 15) is 18.0 Å². The van der Waals surface area contributed by atoms with Gasteiger partial charge >= 0.3 is 0 Å². The van der Waals surface area contributed by atoms with Gasteiger partial charge in [-0.3, -0.25) is 13.9 Å². The number of aryl methyl sites for hydroxylation is 1. The third-order valence-corrected chi connectivity index (χ3v) is 6.69. The number of anilines is 1. The van der Waals surface area contributed by atoms with Crippen molar-refractivity contribution in [2.45, 2.75) is 39.8 Å². The summed E-state index contributed by atoms with van der Waals surface area (Å²) in [5.74, 6) is -0.817. The summed E-state index contributed by atoms with van der Waals surface area (Å²) in [6.45, 7) is 5.60. The zero-order valence-electron chi connectivity index (χ0n) is 19.1. The van der Waals surface area contributed by atoms with Crippen LogP contribution in [0.25, 0.3) is 0 Å². The fraction of sp³-hybridized carbons (Fsp3) is 0.391. The summed E-state index contributed by atoms with van der Waals surface area (Å²) in [4.78, 5) is 27.7. The lowest BCUT2D eigenvalue weighted by Gasteiger charge is -2.33. The first-order chi connectivity index (χ1) is 15.5. The Labute approximate surface area is 205 Å². The van der Waals surface area contributed by atoms with Gasteiger partial charge in [0, 0.05) is 18.1 Å². The van der Waals surface area contributed by atoms with Crippen molar-refractivity contribution in [3.63, 3.8) is 0 Å². The monoisotopic (exact) mass is 513 g/mol. The van der Waals surface area contributed by atoms with E-state index >= 15 is 0 Å². The van der Waals surface area contributed by atoms with Crippen molar-refractivity contribution in [3.05, 3.63) is 63.6 Å². The number of carbonyl (C=O) groups excluding carboxylic acids is 2. The molecule has 180 valence electrons. The van der Waals surface area contributed by atoms with E-state index in [1.54, 1.807) is 13.8 Å². The number of hydrogen-bond acceptors (Lipinski definition) is 4. The third-order valence-electron chi connectivity index (χ3n) is 5.03. The Balaban J connectivity index is 2.46. The minimum absolute atomic E-state index is 0.0988. The molecular weight excluding hydrogens is 485 g/mol. The summed E-state index contributed by atoms with van der Waals surface area (Å²) < 4.78 is 26.1. The quantitative estimate of drug-likeness (QED) is 0.519. The number of rotatable bonds is 10. The van der Waals surface area contributed by atoms with Crippen molar-refractivity contribution in [1.82, 2.24) is 10.2 Å². The molecule has 7 nitrogen and oxygen atoms in total. The number of likely N-dealkylation sites (N-methyl/N-ethyl adjacent to an activating group) is 1. The number of benzene rings is 2. The van der Waals surface area contributed by atoms with Crippen LogP contribution in [0.15, 0.2) is 42.5 Å². The van der Waals surface area contributed by atoms with Crippen LogP contribution in [0.2, 0.25) is 10.0 Å². The van der Waals surface area contributed by atoms with Crippen molar-refractivity contribution in [1.29, 1.82) is 0 Å². The van der Waals surface area contributed by atoms with Crippen LogP contribution < -0.4 is 9.62 Å². The Morgan fingerprint density at radius 1 is 1.09 bits per heavy atom. The van der Waals surface area contributed by atoms with Crippen molar-refractivity contribution in [2.75, 3.05) is 23.7 Å². The first-order valence-electron chi connectivity index (χ1n) is 10.5. The Bertz CT molecular complexity index is 1110. The van der Waals surface area contributed by atoms with Gasteiger partial charge in [-0.05, 0) is 44.0 Å². The van der Waals surface area contributed by atoms with Gasteiger partial charge in [-0.1, -0.05) is 60.0 Å². The molecule has 0 aromatic heterocycles. The van der Waals surface area contributed by atoms with E-state index in [4.69, 9.17) is 23.2 Å². The highest BCUT2D eigenvalue weighted by Crippen LogP contribution is 2.30. The van der Waals surface area contributed by atoms with Crippen molar-refractivity contribution in [3.8, 4) is 0 Å². The van der Waals surface area contributed by atoms with Gasteiger partial charge < -0.3 is 10.2 Å². The molecule has 1 atom stereocenters. The highest BCUT2D eigenvalue weighted by atomic mass is 35.5. The highest BCUT2D eigenvalue weighted by molar-refractivity contribution is 7.92. The highest BCUT2D eigenvalue weighted by Gasteiger charge is 2.32. The molecule has 0 aliphatic carbocycles. The fourth-order valence-electron chi connectivity index (χ4n) is 3.50. The second-order valence-corrected chi connectivity index (χ2v) is 10.4. The van der Waals surface area contributed by atoms with Crippen LogP contribution in [0.5, 0.6) is 0 Å². The number of hydrogen-bond donors (Lipinski definition) is 1. The predicted molar refractivity (Wildman–Crippen MR) is 133 cm³/mol. The number of carbonyl (C=O) groups is 2. The molecule has 0 spiro atoms. The van der Waals surface area contributed by atoms with Gasteiger partial charge in [-0.2, -0.15) is 0 Å². The summed E-state index contributed by atoms with van der Waals surface area (Å²) >= 11 is 12.2. The lowest BCUT2D eigenvalue weighted by atomic mass is 10.1. The van der Waals surface area contributed by atoms with E-state index in [0.717, 1.165) is 21.7 Å². The summed E-state index contributed by atoms with van der Waals surface area (Å²) in [5, 5.41) is 3.20. The molecule has 0 aliphatic heterocycles. The molecule has 2 aromatic carbocycles. The van der Waals surface area contributed by atoms with E-state index in [1.165, 1.54) is 23.1 Å². The molecular formula is C23H29Cl2N3O4S. The Kier molecular flexibility index (Phi) is 9.57. The van der Waals surface area contributed by atoms with Crippen LogP contribution in [0.4, 0.5) is 5.69 Å². The molecule has 0 heterocycles. The van der Waals surface area contributed by atoms with Crippen LogP contribution in [0.1, 0.15) is 31.4 Å². The zero-order chi connectivity index (χ0) is 24.8. The van der Waals surface area contributed by atoms with Gasteiger partial charge in [0.15, 0.2) is 0 Å². The SMILES string of the molecule is CCNC(=O)C(CC)N(Cc1cccc(C)c1)C(=O)CN(c1ccc(Cl)cc1Cl)S(C)(=O)=O. The van der Waals surface area contributed by atoms with Crippen molar-refractivity contribution < 1.29 is 18.0 Å². The molecule has 0 radical (unpaired) electrons. The summed E-state index contributed by atoms with van der Waals surface area (Å²) in [5.41, 5.74) is 1.98. The van der Waals surface area contributed by atoms with Crippen LogP contribution in [-0.2, 0) is 26.2 Å². The molecule has 0 aliphatic rings. The van der Waals surface area contributed by atoms with E-state index in [0.29, 0.717) is 18.0 Å². The lowest BCUT2D eigenvalue weighted by molar-refractivity contribution is -0.140. The number of nitrogens with one attached hydrogen (secondary N) is 1. The first kappa shape index (κ1) is 27.0. The summed E-state index contributed by atoms with van der Waals surface area (Å²) in [6, 6.07) is 11.2. The van der Waals surface area contributed by atoms with E-state index in [-0.39, 0.29) is 23.2 Å². The van der Waals surface area contributed by atoms with Crippen LogP contribution in [0, 0.1) is 6.92 Å². The standard InChI is InChI=1S/C23H29Cl2N3O4S/c1-5-20(23(30)26-6-2)27(14-17-9-7-8-16(3)12-17)22(29)15-28(33(4,31)32)21-11-10-18(24)13-19(21)25/h7-13,20H,5-6,14-15H2,1-4H3,(H,26,30). The van der Waals surface area contributed by atoms with Gasteiger partial charge in [-0.25, -0.2) is 8.42 Å². The minimum Gasteiger partial charge on any atom is -0.355 e. The first-order valence-corrected chi connectivity index (χ1v) is 13.1. The number of sulfonamides is 1. The molecule has 1 N–H and O–H groups in total. The third kappa shape index (κ3) is 7.35. The second kappa shape index (κ2) is 11.7. The van der Waals surface area contributed by atoms with Crippen LogP contribution >= 0.6 is 23.2 Å². The maximum absolute atomic E-state index is 13.5. The number of halogens is 2. The van der Waals surface area contributed by atoms with Crippen molar-refractivity contribution in [2.24, 2.45) is 0 Å². The summed E-state index contributed by atoms with van der Waals surface area (Å²) in [6.07, 6.45) is 1.36. The number of amides is 2. The Morgan fingerprint density at radius 3 is 2.33 bits per heavy atom. The van der Waals surface area contributed by atoms with E-state index < -0.39 is 28.5 Å². The van der Waals surface area contributed by atoms with Crippen LogP contribution in [-0.4, -0.2) is 50.5 Å². The smallest absolute Gasteiger partial charge is 0.244 e. The fourth-order valence-corrected chi connectivity index (χ4v) is 4.92. The minimum atomic E-state index is -3.87. The Morgan fingerprint density at radius 2 is 1.79 bits per heavy atom. The molecule has 0 fully saturated rings. The largest absolute Gasteiger partial charge is 0.355 e. The molecule has 2 aromatic rings. The topological polar surface area (TPSA) is 86.8 Å². The average molecular weight is 514 g/mol. The lowest BCUT2D eigenvalue weighted by Crippen LogP contribution is -2.52. The molecule has 1 unspecified atom stereocenters. The maximum atomic E-state index is 13.5. The number of nitrogens with zero attached hydrogens (tertiary/aromatic N) is 2. The molecule has 33 heavy (non-hydrogen) atoms. The van der Waals surface area contributed by atoms with Crippen LogP contribution in [0.3, 0.4) is 0 Å². The maximum Gasteiger partial charge on any atom is 0.244 e. The molecule has 0 saturated carbocycles. The second-order valence-electron chi connectivity index (χ2n) is 7.69. The summed E-state index contributed by atoms with van der Waals surface area (Å²) in [7, 11) is -3.87. The molecule has 10 heteroatoms. The van der Waals surface area contributed by atoms with Gasteiger partial charge in [-0.15, -0.1) is 0 Å². The predicted octanol–water partition coefficient (Wildman–Crippen LogP) is 4.01. The molecule has 0 saturated heterocycles. The van der Waals surface area contributed by atoms with E-state index in [1.807, 2.05) is 31.2 Å². The zero-order valence-corrected chi connectivity index (χ0v) is 21.5.